The molecule has 4 heteroatoms. The molecule has 0 aliphatic carbocycles. The van der Waals surface area contributed by atoms with E-state index in [0.29, 0.717) is 12.1 Å². The highest BCUT2D eigenvalue weighted by Gasteiger charge is 2.21. The number of ketones is 1. The van der Waals surface area contributed by atoms with Crippen molar-refractivity contribution >= 4 is 18.2 Å². The fraction of sp³-hybridized carbons (Fsp3) is 0.136. The fourth-order valence-corrected chi connectivity index (χ4v) is 2.75. The predicted octanol–water partition coefficient (Wildman–Crippen LogP) is 4.83. The number of hydrogen-bond donors (Lipinski definition) is 1. The molecule has 0 spiro atoms. The van der Waals surface area contributed by atoms with Crippen LogP contribution in [-0.4, -0.2) is 12.9 Å². The summed E-state index contributed by atoms with van der Waals surface area (Å²) in [5.41, 5.74) is 2.76. The third kappa shape index (κ3) is 4.94. The van der Waals surface area contributed by atoms with Gasteiger partial charge >= 0.3 is 0 Å². The van der Waals surface area contributed by atoms with Gasteiger partial charge in [0.25, 0.3) is 0 Å². The zero-order valence-electron chi connectivity index (χ0n) is 14.6. The van der Waals surface area contributed by atoms with Crippen molar-refractivity contribution in [2.75, 3.05) is 7.11 Å². The molecule has 0 amide bonds. The SMILES string of the molecule is COc1ccc(C(=O)C(NCc2ccccc2)c2ccccc2)cc1.Cl. The summed E-state index contributed by atoms with van der Waals surface area (Å²) in [7, 11) is 1.62. The Hall–Kier alpha value is -2.62. The Labute approximate surface area is 160 Å². The van der Waals surface area contributed by atoms with Gasteiger partial charge in [0.05, 0.1) is 13.2 Å². The van der Waals surface area contributed by atoms with Crippen LogP contribution in [0.25, 0.3) is 0 Å². The maximum atomic E-state index is 13.1. The highest BCUT2D eigenvalue weighted by atomic mass is 35.5. The van der Waals surface area contributed by atoms with Crippen LogP contribution in [0.1, 0.15) is 27.5 Å². The van der Waals surface area contributed by atoms with E-state index < -0.39 is 6.04 Å². The highest BCUT2D eigenvalue weighted by Crippen LogP contribution is 2.21. The molecule has 1 N–H and O–H groups in total. The Morgan fingerprint density at radius 2 is 1.46 bits per heavy atom. The van der Waals surface area contributed by atoms with Gasteiger partial charge in [-0.1, -0.05) is 60.7 Å². The zero-order valence-corrected chi connectivity index (χ0v) is 15.4. The van der Waals surface area contributed by atoms with Crippen molar-refractivity contribution in [3.05, 3.63) is 102 Å². The summed E-state index contributed by atoms with van der Waals surface area (Å²) in [4.78, 5) is 13.1. The molecule has 0 heterocycles. The van der Waals surface area contributed by atoms with Crippen molar-refractivity contribution in [1.29, 1.82) is 0 Å². The number of rotatable bonds is 7. The highest BCUT2D eigenvalue weighted by molar-refractivity contribution is 6.00. The van der Waals surface area contributed by atoms with E-state index in [4.69, 9.17) is 4.74 Å². The van der Waals surface area contributed by atoms with E-state index in [0.717, 1.165) is 16.9 Å². The molecule has 0 saturated carbocycles. The van der Waals surface area contributed by atoms with Crippen LogP contribution in [0.3, 0.4) is 0 Å². The Kier molecular flexibility index (Phi) is 7.39. The van der Waals surface area contributed by atoms with Gasteiger partial charge in [0, 0.05) is 12.1 Å². The minimum atomic E-state index is -0.394. The van der Waals surface area contributed by atoms with E-state index in [1.54, 1.807) is 19.2 Å². The summed E-state index contributed by atoms with van der Waals surface area (Å²) in [6.45, 7) is 0.627. The average molecular weight is 368 g/mol. The minimum Gasteiger partial charge on any atom is -0.497 e. The maximum absolute atomic E-state index is 13.1. The molecule has 3 rings (SSSR count). The number of carbonyl (C=O) groups is 1. The minimum absolute atomic E-state index is 0. The van der Waals surface area contributed by atoms with Gasteiger partial charge in [0.2, 0.25) is 0 Å². The van der Waals surface area contributed by atoms with E-state index in [1.807, 2.05) is 72.8 Å². The van der Waals surface area contributed by atoms with Crippen molar-refractivity contribution in [1.82, 2.24) is 5.32 Å². The fourth-order valence-electron chi connectivity index (χ4n) is 2.75. The molecule has 3 aromatic carbocycles. The summed E-state index contributed by atoms with van der Waals surface area (Å²) < 4.78 is 5.17. The van der Waals surface area contributed by atoms with Crippen LogP contribution in [0.4, 0.5) is 0 Å². The molecule has 0 fully saturated rings. The first-order valence-electron chi connectivity index (χ1n) is 8.28. The standard InChI is InChI=1S/C22H21NO2.ClH/c1-25-20-14-12-19(13-15-20)22(24)21(18-10-6-3-7-11-18)23-16-17-8-4-2-5-9-17;/h2-15,21,23H,16H2,1H3;1H. The summed E-state index contributed by atoms with van der Waals surface area (Å²) in [5.74, 6) is 0.787. The van der Waals surface area contributed by atoms with Gasteiger partial charge in [-0.05, 0) is 35.4 Å². The average Bonchev–Trinajstić information content (AvgIpc) is 2.69. The lowest BCUT2D eigenvalue weighted by molar-refractivity contribution is 0.0942. The van der Waals surface area contributed by atoms with E-state index in [2.05, 4.69) is 5.32 Å². The van der Waals surface area contributed by atoms with Crippen LogP contribution in [0.2, 0.25) is 0 Å². The van der Waals surface area contributed by atoms with Gasteiger partial charge in [0.15, 0.2) is 5.78 Å². The maximum Gasteiger partial charge on any atom is 0.184 e. The van der Waals surface area contributed by atoms with Gasteiger partial charge in [-0.3, -0.25) is 10.1 Å². The molecule has 3 aromatic rings. The number of hydrogen-bond acceptors (Lipinski definition) is 3. The number of carbonyl (C=O) groups excluding carboxylic acids is 1. The topological polar surface area (TPSA) is 38.3 Å². The lowest BCUT2D eigenvalue weighted by atomic mass is 9.97. The summed E-state index contributed by atoms with van der Waals surface area (Å²) >= 11 is 0. The molecule has 0 aromatic heterocycles. The van der Waals surface area contributed by atoms with Gasteiger partial charge in [-0.15, -0.1) is 12.4 Å². The van der Waals surface area contributed by atoms with Crippen molar-refractivity contribution in [3.8, 4) is 5.75 Å². The first-order valence-corrected chi connectivity index (χ1v) is 8.28. The van der Waals surface area contributed by atoms with E-state index in [1.165, 1.54) is 0 Å². The van der Waals surface area contributed by atoms with Crippen molar-refractivity contribution in [2.24, 2.45) is 0 Å². The molecule has 0 radical (unpaired) electrons. The van der Waals surface area contributed by atoms with Crippen molar-refractivity contribution < 1.29 is 9.53 Å². The van der Waals surface area contributed by atoms with Crippen molar-refractivity contribution in [3.63, 3.8) is 0 Å². The predicted molar refractivity (Wildman–Crippen MR) is 107 cm³/mol. The van der Waals surface area contributed by atoms with Gasteiger partial charge in [0.1, 0.15) is 5.75 Å². The first kappa shape index (κ1) is 19.7. The second-order valence-electron chi connectivity index (χ2n) is 5.80. The van der Waals surface area contributed by atoms with Gasteiger partial charge in [-0.25, -0.2) is 0 Å². The molecule has 0 aliphatic heterocycles. The normalized spacial score (nSPS) is 11.3. The Balaban J connectivity index is 0.00000243. The molecular weight excluding hydrogens is 346 g/mol. The Bertz CT molecular complexity index is 805. The largest absolute Gasteiger partial charge is 0.497 e. The number of benzene rings is 3. The van der Waals surface area contributed by atoms with E-state index >= 15 is 0 Å². The molecule has 134 valence electrons. The first-order chi connectivity index (χ1) is 12.3. The smallest absolute Gasteiger partial charge is 0.184 e. The molecule has 26 heavy (non-hydrogen) atoms. The number of halogens is 1. The summed E-state index contributed by atoms with van der Waals surface area (Å²) in [6.07, 6.45) is 0. The van der Waals surface area contributed by atoms with Crippen LogP contribution in [-0.2, 0) is 6.54 Å². The molecule has 1 unspecified atom stereocenters. The second kappa shape index (κ2) is 9.76. The second-order valence-corrected chi connectivity index (χ2v) is 5.80. The summed E-state index contributed by atoms with van der Waals surface area (Å²) in [6, 6.07) is 26.7. The van der Waals surface area contributed by atoms with Gasteiger partial charge < -0.3 is 4.74 Å². The number of ether oxygens (including phenoxy) is 1. The molecule has 0 saturated heterocycles. The third-order valence-corrected chi connectivity index (χ3v) is 4.12. The quantitative estimate of drug-likeness (QED) is 0.608. The van der Waals surface area contributed by atoms with Crippen LogP contribution in [0.5, 0.6) is 5.75 Å². The Morgan fingerprint density at radius 3 is 2.04 bits per heavy atom. The zero-order chi connectivity index (χ0) is 17.5. The van der Waals surface area contributed by atoms with Crippen molar-refractivity contribution in [2.45, 2.75) is 12.6 Å². The lowest BCUT2D eigenvalue weighted by Crippen LogP contribution is -2.28. The molecule has 3 nitrogen and oxygen atoms in total. The van der Waals surface area contributed by atoms with Crippen LogP contribution in [0.15, 0.2) is 84.9 Å². The Morgan fingerprint density at radius 1 is 0.885 bits per heavy atom. The molecule has 0 bridgehead atoms. The lowest BCUT2D eigenvalue weighted by Gasteiger charge is -2.18. The summed E-state index contributed by atoms with van der Waals surface area (Å²) in [5, 5.41) is 3.40. The molecule has 0 aliphatic rings. The van der Waals surface area contributed by atoms with Gasteiger partial charge in [-0.2, -0.15) is 0 Å². The van der Waals surface area contributed by atoms with Crippen LogP contribution >= 0.6 is 12.4 Å². The molecular formula is C22H22ClNO2. The number of nitrogens with one attached hydrogen (secondary N) is 1. The third-order valence-electron chi connectivity index (χ3n) is 4.12. The van der Waals surface area contributed by atoms with E-state index in [9.17, 15) is 4.79 Å². The van der Waals surface area contributed by atoms with E-state index in [-0.39, 0.29) is 18.2 Å². The number of Topliss-reactive ketones (excluding diaryl/α,β-unsaturated/α-hetero) is 1. The monoisotopic (exact) mass is 367 g/mol. The van der Waals surface area contributed by atoms with Crippen LogP contribution < -0.4 is 10.1 Å². The number of methoxy groups -OCH3 is 1. The van der Waals surface area contributed by atoms with Crippen LogP contribution in [0, 0.1) is 0 Å². The molecule has 1 atom stereocenters.